The first-order valence-electron chi connectivity index (χ1n) is 10.6. The van der Waals surface area contributed by atoms with Crippen LogP contribution in [0.3, 0.4) is 0 Å². The first-order valence-corrected chi connectivity index (χ1v) is 12.8. The van der Waals surface area contributed by atoms with E-state index in [1.165, 1.54) is 22.4 Å². The second kappa shape index (κ2) is 8.58. The van der Waals surface area contributed by atoms with Crippen LogP contribution in [0.2, 0.25) is 16.6 Å². The van der Waals surface area contributed by atoms with E-state index in [2.05, 4.69) is 93.4 Å². The first-order chi connectivity index (χ1) is 13.8. The van der Waals surface area contributed by atoms with Gasteiger partial charge in [0.2, 0.25) is 0 Å². The van der Waals surface area contributed by atoms with Crippen molar-refractivity contribution in [2.75, 3.05) is 7.11 Å². The second-order valence-corrected chi connectivity index (χ2v) is 14.5. The van der Waals surface area contributed by atoms with Gasteiger partial charge >= 0.3 is 0 Å². The number of hydrogen-bond donors (Lipinski definition) is 0. The van der Waals surface area contributed by atoms with Gasteiger partial charge in [0.25, 0.3) is 0 Å². The lowest BCUT2D eigenvalue weighted by Crippen LogP contribution is -2.52. The fourth-order valence-corrected chi connectivity index (χ4v) is 12.1. The average Bonchev–Trinajstić information content (AvgIpc) is 3.13. The van der Waals surface area contributed by atoms with Crippen LogP contribution in [0.15, 0.2) is 61.1 Å². The van der Waals surface area contributed by atoms with Crippen LogP contribution in [-0.4, -0.2) is 24.6 Å². The molecule has 2 heterocycles. The van der Waals surface area contributed by atoms with Crippen LogP contribution in [0.25, 0.3) is 22.4 Å². The zero-order chi connectivity index (χ0) is 21.2. The van der Waals surface area contributed by atoms with E-state index in [1.54, 1.807) is 7.11 Å². The summed E-state index contributed by atoms with van der Waals surface area (Å²) in [5.74, 6) is 0.891. The lowest BCUT2D eigenvalue weighted by Gasteiger charge is -2.45. The van der Waals surface area contributed by atoms with Gasteiger partial charge in [-0.05, 0) is 58.7 Å². The number of methoxy groups -OCH3 is 1. The van der Waals surface area contributed by atoms with Crippen molar-refractivity contribution in [2.45, 2.75) is 58.2 Å². The maximum atomic E-state index is 5.56. The summed E-state index contributed by atoms with van der Waals surface area (Å²) in [5, 5.41) is 0. The van der Waals surface area contributed by atoms with E-state index >= 15 is 0 Å². The fraction of sp³-hybridized carbons (Fsp3) is 0.400. The van der Waals surface area contributed by atoms with Crippen molar-refractivity contribution in [1.82, 2.24) is 9.22 Å². The minimum atomic E-state index is -1.91. The van der Waals surface area contributed by atoms with Gasteiger partial charge in [-0.15, -0.1) is 0 Å². The molecule has 0 aliphatic carbocycles. The number of pyridine rings is 1. The third-order valence-corrected chi connectivity index (χ3v) is 13.2. The molecule has 0 aliphatic heterocycles. The topological polar surface area (TPSA) is 27.1 Å². The van der Waals surface area contributed by atoms with Crippen LogP contribution in [0, 0.1) is 0 Å². The summed E-state index contributed by atoms with van der Waals surface area (Å²) in [6.45, 7) is 14.5. The third-order valence-electron chi connectivity index (χ3n) is 6.41. The van der Waals surface area contributed by atoms with Gasteiger partial charge in [0.05, 0.1) is 7.11 Å². The van der Waals surface area contributed by atoms with Gasteiger partial charge in [-0.25, -0.2) is 0 Å². The van der Waals surface area contributed by atoms with Crippen LogP contribution in [0.1, 0.15) is 41.5 Å². The fourth-order valence-electron chi connectivity index (χ4n) is 5.42. The highest BCUT2D eigenvalue weighted by molar-refractivity contribution is 6.82. The molecule has 1 aromatic carbocycles. The molecule has 0 radical (unpaired) electrons. The van der Waals surface area contributed by atoms with Crippen LogP contribution in [0.4, 0.5) is 0 Å². The van der Waals surface area contributed by atoms with Crippen molar-refractivity contribution < 1.29 is 4.74 Å². The molecule has 0 unspecified atom stereocenters. The molecule has 154 valence electrons. The number of benzene rings is 1. The van der Waals surface area contributed by atoms with E-state index in [-0.39, 0.29) is 0 Å². The van der Waals surface area contributed by atoms with Crippen molar-refractivity contribution >= 4 is 8.24 Å². The van der Waals surface area contributed by atoms with Crippen LogP contribution >= 0.6 is 0 Å². The summed E-state index contributed by atoms with van der Waals surface area (Å²) in [7, 11) is -0.177. The van der Waals surface area contributed by atoms with E-state index < -0.39 is 8.24 Å². The standard InChI is InChI=1S/C25H34N2OSi/c1-18(2)29(19(3)4,20(5)6)27-16-13-24(21-11-14-26-15-12-21)25(27)22-9-8-10-23(17-22)28-7/h8-20H,1-7H3. The molecular formula is C25H34N2OSi. The van der Waals surface area contributed by atoms with Crippen molar-refractivity contribution in [2.24, 2.45) is 0 Å². The molecular weight excluding hydrogens is 372 g/mol. The van der Waals surface area contributed by atoms with Gasteiger partial charge in [-0.2, -0.15) is 0 Å². The van der Waals surface area contributed by atoms with Crippen LogP contribution in [-0.2, 0) is 0 Å². The summed E-state index contributed by atoms with van der Waals surface area (Å²) in [4.78, 5) is 4.22. The number of ether oxygens (including phenoxy) is 1. The maximum absolute atomic E-state index is 5.56. The van der Waals surface area contributed by atoms with Gasteiger partial charge < -0.3 is 8.97 Å². The highest BCUT2D eigenvalue weighted by Gasteiger charge is 2.46. The Morgan fingerprint density at radius 2 is 1.45 bits per heavy atom. The predicted octanol–water partition coefficient (Wildman–Crippen LogP) is 7.25. The third kappa shape index (κ3) is 3.66. The summed E-state index contributed by atoms with van der Waals surface area (Å²) >= 11 is 0. The van der Waals surface area contributed by atoms with Crippen LogP contribution in [0.5, 0.6) is 5.75 Å². The van der Waals surface area contributed by atoms with Crippen LogP contribution < -0.4 is 4.74 Å². The van der Waals surface area contributed by atoms with Crippen molar-refractivity contribution in [3.63, 3.8) is 0 Å². The van der Waals surface area contributed by atoms with E-state index in [4.69, 9.17) is 4.74 Å². The summed E-state index contributed by atoms with van der Waals surface area (Å²) in [6, 6.07) is 15.0. The molecule has 0 aliphatic rings. The Morgan fingerprint density at radius 1 is 0.828 bits per heavy atom. The Labute approximate surface area is 176 Å². The SMILES string of the molecule is COc1cccc(-c2c(-c3ccncc3)ccn2[Si](C(C)C)(C(C)C)C(C)C)c1. The molecule has 3 rings (SSSR count). The summed E-state index contributed by atoms with van der Waals surface area (Å²) < 4.78 is 8.24. The first kappa shape index (κ1) is 21.4. The zero-order valence-corrected chi connectivity index (χ0v) is 19.8. The summed E-state index contributed by atoms with van der Waals surface area (Å²) in [5.41, 5.74) is 6.83. The zero-order valence-electron chi connectivity index (χ0n) is 18.8. The van der Waals surface area contributed by atoms with Gasteiger partial charge in [-0.1, -0.05) is 53.7 Å². The smallest absolute Gasteiger partial charge is 0.169 e. The Hall–Kier alpha value is -2.33. The molecule has 0 N–H and O–H groups in total. The van der Waals surface area contributed by atoms with E-state index in [0.29, 0.717) is 16.6 Å². The average molecular weight is 407 g/mol. The number of aromatic nitrogens is 2. The van der Waals surface area contributed by atoms with E-state index in [9.17, 15) is 0 Å². The van der Waals surface area contributed by atoms with Gasteiger partial charge in [-0.3, -0.25) is 4.98 Å². The van der Waals surface area contributed by atoms with Gasteiger partial charge in [0, 0.05) is 29.2 Å². The molecule has 3 nitrogen and oxygen atoms in total. The Kier molecular flexibility index (Phi) is 6.32. The minimum Gasteiger partial charge on any atom is -0.497 e. The molecule has 0 atom stereocenters. The van der Waals surface area contributed by atoms with E-state index in [0.717, 1.165) is 5.75 Å². The molecule has 2 aromatic heterocycles. The van der Waals surface area contributed by atoms with Crippen molar-refractivity contribution in [1.29, 1.82) is 0 Å². The van der Waals surface area contributed by atoms with Crippen molar-refractivity contribution in [3.8, 4) is 28.1 Å². The minimum absolute atomic E-state index is 0.615. The molecule has 29 heavy (non-hydrogen) atoms. The van der Waals surface area contributed by atoms with Gasteiger partial charge in [0.15, 0.2) is 8.24 Å². The molecule has 0 amide bonds. The largest absolute Gasteiger partial charge is 0.497 e. The summed E-state index contributed by atoms with van der Waals surface area (Å²) in [6.07, 6.45) is 6.09. The highest BCUT2D eigenvalue weighted by atomic mass is 28.3. The predicted molar refractivity (Wildman–Crippen MR) is 126 cm³/mol. The second-order valence-electron chi connectivity index (χ2n) is 8.77. The quantitative estimate of drug-likeness (QED) is 0.386. The molecule has 0 saturated carbocycles. The molecule has 4 heteroatoms. The Balaban J connectivity index is 2.38. The Bertz CT molecular complexity index is 923. The van der Waals surface area contributed by atoms with Gasteiger partial charge in [0.1, 0.15) is 5.75 Å². The monoisotopic (exact) mass is 406 g/mol. The highest BCUT2D eigenvalue weighted by Crippen LogP contribution is 2.47. The maximum Gasteiger partial charge on any atom is 0.169 e. The number of hydrogen-bond acceptors (Lipinski definition) is 2. The number of rotatable bonds is 7. The molecule has 0 spiro atoms. The van der Waals surface area contributed by atoms with E-state index in [1.807, 2.05) is 18.5 Å². The van der Waals surface area contributed by atoms with Crippen molar-refractivity contribution in [3.05, 3.63) is 61.1 Å². The molecule has 3 aromatic rings. The lowest BCUT2D eigenvalue weighted by atomic mass is 10.0. The Morgan fingerprint density at radius 3 is 2.00 bits per heavy atom. The molecule has 0 bridgehead atoms. The lowest BCUT2D eigenvalue weighted by molar-refractivity contribution is 0.415. The molecule has 0 fully saturated rings. The number of nitrogens with zero attached hydrogens (tertiary/aromatic N) is 2. The molecule has 0 saturated heterocycles. The normalized spacial score (nSPS) is 12.2.